The van der Waals surface area contributed by atoms with Gasteiger partial charge < -0.3 is 24.6 Å². The van der Waals surface area contributed by atoms with E-state index in [2.05, 4.69) is 44.6 Å². The van der Waals surface area contributed by atoms with Crippen LogP contribution in [0.3, 0.4) is 0 Å². The maximum Gasteiger partial charge on any atom is 0.573 e. The second kappa shape index (κ2) is 15.0. The van der Waals surface area contributed by atoms with Crippen molar-refractivity contribution in [1.29, 1.82) is 0 Å². The molecule has 2 bridgehead atoms. The number of rotatable bonds is 9. The third-order valence-electron chi connectivity index (χ3n) is 16.6. The molecule has 60 heavy (non-hydrogen) atoms. The lowest BCUT2D eigenvalue weighted by atomic mass is 9.32. The summed E-state index contributed by atoms with van der Waals surface area (Å²) in [6.07, 6.45) is 6.33. The molecule has 0 aromatic heterocycles. The first-order chi connectivity index (χ1) is 28.1. The molecule has 7 aliphatic rings. The maximum absolute atomic E-state index is 14.8. The standard InChI is InChI=1S/C48H58F5NO6/c1-28(2)34-12-6-29(3)22-38(34)59-42(57)54(26-30-7-10-33(11-8-30)60-48(51,52)53)27-46(58)19-16-40-44(46,5)18-15-39-43(4)17-14-32(55)24-45(43)20-21-47(39,40)35(25-45)41(56)31-9-13-36(49)37(50)23-31/h7-11,13,20-21,23,25,28-29,32,34,38-40,55,58H,6,12,14-19,22,24,26-27H2,1-5H3/t29-,32?,34+,38-,39+,40+,43+,44-,45-,46+,47+/m0/s1. The summed E-state index contributed by atoms with van der Waals surface area (Å²) in [6, 6.07) is 8.55. The summed E-state index contributed by atoms with van der Waals surface area (Å²) in [5, 5.41) is 24.2. The number of fused-ring (bicyclic) bond motifs is 1. The topological polar surface area (TPSA) is 96.3 Å². The van der Waals surface area contributed by atoms with Crippen molar-refractivity contribution in [3.63, 3.8) is 0 Å². The third-order valence-corrected chi connectivity index (χ3v) is 16.6. The average molecular weight is 840 g/mol. The van der Waals surface area contributed by atoms with E-state index >= 15 is 0 Å². The van der Waals surface area contributed by atoms with Crippen molar-refractivity contribution in [2.24, 2.45) is 51.2 Å². The number of benzene rings is 2. The summed E-state index contributed by atoms with van der Waals surface area (Å²) < 4.78 is 78.4. The van der Waals surface area contributed by atoms with Crippen LogP contribution in [0.2, 0.25) is 0 Å². The van der Waals surface area contributed by atoms with Gasteiger partial charge in [-0.05, 0) is 129 Å². The van der Waals surface area contributed by atoms with Gasteiger partial charge in [-0.25, -0.2) is 13.6 Å². The Morgan fingerprint density at radius 3 is 2.27 bits per heavy atom. The van der Waals surface area contributed by atoms with Gasteiger partial charge in [-0.3, -0.25) is 4.79 Å². The first kappa shape index (κ1) is 42.9. The number of aliphatic hydroxyl groups is 2. The lowest BCUT2D eigenvalue weighted by Crippen LogP contribution is -2.67. The van der Waals surface area contributed by atoms with Crippen LogP contribution in [0.1, 0.15) is 115 Å². The van der Waals surface area contributed by atoms with Crippen LogP contribution in [0, 0.1) is 62.9 Å². The van der Waals surface area contributed by atoms with E-state index in [0.29, 0.717) is 62.0 Å². The maximum atomic E-state index is 14.8. The highest BCUT2D eigenvalue weighted by Crippen LogP contribution is 2.78. The number of carbonyl (C=O) groups excluding carboxylic acids is 2. The Morgan fingerprint density at radius 1 is 0.900 bits per heavy atom. The number of Topliss-reactive ketones (excluding diaryl/α,β-unsaturated/α-hetero) is 1. The molecule has 0 heterocycles. The molecule has 7 nitrogen and oxygen atoms in total. The van der Waals surface area contributed by atoms with Crippen LogP contribution in [-0.2, 0) is 11.3 Å². The monoisotopic (exact) mass is 839 g/mol. The number of nitrogens with zero attached hydrogens (tertiary/aromatic N) is 1. The Hall–Kier alpha value is -3.77. The molecular weight excluding hydrogens is 782 g/mol. The van der Waals surface area contributed by atoms with Crippen molar-refractivity contribution >= 4 is 11.9 Å². The number of ketones is 1. The number of hydrogen-bond acceptors (Lipinski definition) is 6. The molecule has 1 amide bonds. The molecule has 0 saturated heterocycles. The van der Waals surface area contributed by atoms with Crippen molar-refractivity contribution in [3.8, 4) is 5.75 Å². The summed E-state index contributed by atoms with van der Waals surface area (Å²) in [4.78, 5) is 30.8. The normalized spacial score (nSPS) is 38.1. The Kier molecular flexibility index (Phi) is 10.7. The van der Waals surface area contributed by atoms with Gasteiger partial charge in [0.25, 0.3) is 0 Å². The second-order valence-corrected chi connectivity index (χ2v) is 20.1. The number of halogens is 5. The highest BCUT2D eigenvalue weighted by molar-refractivity contribution is 6.10. The van der Waals surface area contributed by atoms with E-state index in [1.54, 1.807) is 0 Å². The predicted octanol–water partition coefficient (Wildman–Crippen LogP) is 10.7. The first-order valence-electron chi connectivity index (χ1n) is 21.8. The van der Waals surface area contributed by atoms with Gasteiger partial charge in [-0.1, -0.05) is 71.4 Å². The summed E-state index contributed by atoms with van der Waals surface area (Å²) in [6.45, 7) is 10.5. The van der Waals surface area contributed by atoms with Crippen molar-refractivity contribution in [1.82, 2.24) is 4.90 Å². The Bertz CT molecular complexity index is 2070. The molecule has 2 aromatic carbocycles. The van der Waals surface area contributed by atoms with Gasteiger partial charge in [0.05, 0.1) is 18.2 Å². The van der Waals surface area contributed by atoms with Gasteiger partial charge in [0.15, 0.2) is 17.4 Å². The largest absolute Gasteiger partial charge is 0.573 e. The van der Waals surface area contributed by atoms with Crippen molar-refractivity contribution in [2.45, 2.75) is 130 Å². The number of alkyl halides is 3. The summed E-state index contributed by atoms with van der Waals surface area (Å²) >= 11 is 0. The van der Waals surface area contributed by atoms with E-state index in [4.69, 9.17) is 4.74 Å². The lowest BCUT2D eigenvalue weighted by Gasteiger charge is -2.71. The molecule has 11 atom stereocenters. The fourth-order valence-electron chi connectivity index (χ4n) is 13.4. The molecule has 0 aliphatic heterocycles. The van der Waals surface area contributed by atoms with Gasteiger partial charge in [-0.15, -0.1) is 13.2 Å². The van der Waals surface area contributed by atoms with E-state index < -0.39 is 63.6 Å². The fraction of sp³-hybridized carbons (Fsp3) is 0.625. The minimum absolute atomic E-state index is 0.0292. The predicted molar refractivity (Wildman–Crippen MR) is 214 cm³/mol. The minimum atomic E-state index is -4.87. The van der Waals surface area contributed by atoms with E-state index in [0.717, 1.165) is 31.4 Å². The minimum Gasteiger partial charge on any atom is -0.446 e. The SMILES string of the molecule is CC(C)[C@H]1CC[C@H](C)C[C@@H]1OC(=O)N(Cc1ccc(OC(F)(F)F)cc1)C[C@]1(O)CC[C@H]2[C@]34C=C[C@@]5(C=C3C(=O)c3ccc(F)c(F)c3)CC(O)CC[C@]5(C)[C@H]4CC[C@@]21C. The van der Waals surface area contributed by atoms with Gasteiger partial charge in [0.2, 0.25) is 0 Å². The number of aliphatic hydroxyl groups excluding tert-OH is 1. The second-order valence-electron chi connectivity index (χ2n) is 20.1. The van der Waals surface area contributed by atoms with Crippen LogP contribution in [-0.4, -0.2) is 57.7 Å². The number of hydrogen-bond donors (Lipinski definition) is 2. The van der Waals surface area contributed by atoms with Crippen molar-refractivity contribution in [3.05, 3.63) is 89.0 Å². The van der Waals surface area contributed by atoms with E-state index in [9.17, 15) is 41.8 Å². The Morgan fingerprint density at radius 2 is 1.58 bits per heavy atom. The molecule has 0 radical (unpaired) electrons. The molecule has 1 unspecified atom stereocenters. The van der Waals surface area contributed by atoms with Crippen LogP contribution in [0.4, 0.5) is 26.7 Å². The fourth-order valence-corrected chi connectivity index (χ4v) is 13.4. The van der Waals surface area contributed by atoms with Crippen LogP contribution in [0.15, 0.2) is 66.3 Å². The van der Waals surface area contributed by atoms with Gasteiger partial charge in [0.1, 0.15) is 11.9 Å². The quantitative estimate of drug-likeness (QED) is 0.148. The van der Waals surface area contributed by atoms with Gasteiger partial charge >= 0.3 is 12.5 Å². The van der Waals surface area contributed by atoms with Crippen molar-refractivity contribution < 1.29 is 51.2 Å². The Labute approximate surface area is 349 Å². The van der Waals surface area contributed by atoms with Crippen LogP contribution in [0.25, 0.3) is 0 Å². The smallest absolute Gasteiger partial charge is 0.446 e. The zero-order valence-electron chi connectivity index (χ0n) is 35.2. The van der Waals surface area contributed by atoms with Crippen LogP contribution < -0.4 is 4.74 Å². The van der Waals surface area contributed by atoms with Gasteiger partial charge in [-0.2, -0.15) is 0 Å². The first-order valence-corrected chi connectivity index (χ1v) is 21.8. The number of carbonyl (C=O) groups is 2. The molecule has 2 spiro atoms. The van der Waals surface area contributed by atoms with Crippen LogP contribution in [0.5, 0.6) is 5.75 Å². The molecular formula is C48H58F5NO6. The zero-order valence-corrected chi connectivity index (χ0v) is 35.2. The van der Waals surface area contributed by atoms with Crippen molar-refractivity contribution in [2.75, 3.05) is 6.54 Å². The van der Waals surface area contributed by atoms with Gasteiger partial charge in [0, 0.05) is 33.9 Å². The highest BCUT2D eigenvalue weighted by atomic mass is 19.4. The number of ether oxygens (including phenoxy) is 2. The van der Waals surface area contributed by atoms with E-state index in [1.807, 2.05) is 13.0 Å². The zero-order chi connectivity index (χ0) is 43.2. The summed E-state index contributed by atoms with van der Waals surface area (Å²) in [5.41, 5.74) is -3.15. The van der Waals surface area contributed by atoms with E-state index in [1.165, 1.54) is 35.2 Å². The third kappa shape index (κ3) is 6.90. The number of amides is 1. The molecule has 12 heteroatoms. The molecule has 7 aliphatic carbocycles. The lowest BCUT2D eigenvalue weighted by molar-refractivity contribution is -0.274. The van der Waals surface area contributed by atoms with Crippen LogP contribution >= 0.6 is 0 Å². The molecule has 4 saturated carbocycles. The molecule has 2 N–H and O–H groups in total. The average Bonchev–Trinajstić information content (AvgIpc) is 3.45. The van der Waals surface area contributed by atoms with E-state index in [-0.39, 0.29) is 53.8 Å². The summed E-state index contributed by atoms with van der Waals surface area (Å²) in [7, 11) is 0. The summed E-state index contributed by atoms with van der Waals surface area (Å²) in [5.74, 6) is -2.57. The molecule has 9 rings (SSSR count). The molecule has 326 valence electrons. The number of allylic oxidation sites excluding steroid dienone is 4. The molecule has 4 fully saturated rings. The Balaban J connectivity index is 1.16. The highest BCUT2D eigenvalue weighted by Gasteiger charge is 2.74. The molecule has 2 aromatic rings.